The second-order valence-corrected chi connectivity index (χ2v) is 8.97. The maximum Gasteiger partial charge on any atom is 0.244 e. The minimum absolute atomic E-state index is 0.0438. The van der Waals surface area contributed by atoms with E-state index >= 15 is 0 Å². The minimum atomic E-state index is -0.910. The van der Waals surface area contributed by atoms with E-state index in [1.807, 2.05) is 54.6 Å². The zero-order chi connectivity index (χ0) is 21.2. The first kappa shape index (κ1) is 18.3. The van der Waals surface area contributed by atoms with E-state index in [1.54, 1.807) is 0 Å². The molecule has 31 heavy (non-hydrogen) atoms. The van der Waals surface area contributed by atoms with Gasteiger partial charge in [0.15, 0.2) is 0 Å². The predicted octanol–water partition coefficient (Wildman–Crippen LogP) is 4.87. The number of hydrogen-bond acceptors (Lipinski definition) is 2. The number of amides is 2. The number of carbonyl (C=O) groups excluding carboxylic acids is 2. The van der Waals surface area contributed by atoms with Crippen molar-refractivity contribution in [2.24, 2.45) is 5.92 Å². The molecule has 4 aliphatic rings. The molecule has 0 aromatic heterocycles. The standard InChI is InChI=1S/C28H23NO2/c1-18-11-13-20(14-12-18)24-22-15-16-28(23-10-6-5-9-21(22)23)25(24)26(30)29(27(28)31)17-19-7-3-2-4-8-19/h2-16,22,24-25H,17H2,1H3/t22-,24-,25-,28-/m0/s1. The van der Waals surface area contributed by atoms with E-state index in [9.17, 15) is 9.59 Å². The Labute approximate surface area is 182 Å². The number of nitrogens with zero attached hydrogens (tertiary/aromatic N) is 1. The van der Waals surface area contributed by atoms with Gasteiger partial charge >= 0.3 is 0 Å². The fourth-order valence-corrected chi connectivity index (χ4v) is 5.95. The molecule has 3 aromatic carbocycles. The molecule has 1 fully saturated rings. The normalized spacial score (nSPS) is 28.0. The van der Waals surface area contributed by atoms with Crippen molar-refractivity contribution < 1.29 is 9.59 Å². The molecule has 1 saturated heterocycles. The lowest BCUT2D eigenvalue weighted by Gasteiger charge is -2.48. The SMILES string of the molecule is Cc1ccc([C@@H]2[C@H]3C(=O)N(Cc4ccccc4)C(=O)[C@]34C=C[C@H]2c2ccccc24)cc1. The molecule has 4 atom stereocenters. The van der Waals surface area contributed by atoms with Crippen LogP contribution in [-0.2, 0) is 21.5 Å². The molecule has 2 bridgehead atoms. The van der Waals surface area contributed by atoms with Crippen molar-refractivity contribution in [2.45, 2.75) is 30.7 Å². The van der Waals surface area contributed by atoms with Gasteiger partial charge in [-0.15, -0.1) is 0 Å². The molecule has 7 rings (SSSR count). The van der Waals surface area contributed by atoms with Gasteiger partial charge in [0.1, 0.15) is 5.41 Å². The Bertz CT molecular complexity index is 1230. The lowest BCUT2D eigenvalue weighted by molar-refractivity contribution is -0.140. The van der Waals surface area contributed by atoms with Gasteiger partial charge in [-0.05, 0) is 29.2 Å². The third kappa shape index (κ3) is 2.40. The van der Waals surface area contributed by atoms with Crippen LogP contribution in [0.5, 0.6) is 0 Å². The summed E-state index contributed by atoms with van der Waals surface area (Å²) in [5.74, 6) is -0.498. The summed E-state index contributed by atoms with van der Waals surface area (Å²) in [6, 6.07) is 26.4. The van der Waals surface area contributed by atoms with Gasteiger partial charge in [0.25, 0.3) is 0 Å². The third-order valence-electron chi connectivity index (χ3n) is 7.35. The summed E-state index contributed by atoms with van der Waals surface area (Å²) >= 11 is 0. The second-order valence-electron chi connectivity index (χ2n) is 8.97. The highest BCUT2D eigenvalue weighted by molar-refractivity contribution is 6.13. The molecule has 1 aliphatic heterocycles. The number of benzene rings is 3. The van der Waals surface area contributed by atoms with Gasteiger partial charge in [0.2, 0.25) is 11.8 Å². The Morgan fingerprint density at radius 1 is 0.871 bits per heavy atom. The van der Waals surface area contributed by atoms with Crippen LogP contribution in [-0.4, -0.2) is 16.7 Å². The van der Waals surface area contributed by atoms with Gasteiger partial charge in [-0.25, -0.2) is 0 Å². The van der Waals surface area contributed by atoms with Crippen LogP contribution in [0, 0.1) is 12.8 Å². The number of imide groups is 1. The highest BCUT2D eigenvalue weighted by atomic mass is 16.2. The van der Waals surface area contributed by atoms with Gasteiger partial charge in [-0.1, -0.05) is 96.6 Å². The van der Waals surface area contributed by atoms with Gasteiger partial charge in [-0.3, -0.25) is 14.5 Å². The zero-order valence-corrected chi connectivity index (χ0v) is 17.4. The molecule has 0 N–H and O–H groups in total. The van der Waals surface area contributed by atoms with E-state index < -0.39 is 11.3 Å². The molecule has 0 unspecified atom stereocenters. The van der Waals surface area contributed by atoms with Crippen LogP contribution in [0.2, 0.25) is 0 Å². The minimum Gasteiger partial charge on any atom is -0.277 e. The van der Waals surface area contributed by atoms with E-state index in [2.05, 4.69) is 43.3 Å². The summed E-state index contributed by atoms with van der Waals surface area (Å²) in [5.41, 5.74) is 4.56. The molecular weight excluding hydrogens is 382 g/mol. The van der Waals surface area contributed by atoms with E-state index in [4.69, 9.17) is 0 Å². The third-order valence-corrected chi connectivity index (χ3v) is 7.35. The number of aryl methyl sites for hydroxylation is 1. The van der Waals surface area contributed by atoms with Gasteiger partial charge < -0.3 is 0 Å². The van der Waals surface area contributed by atoms with Crippen LogP contribution in [0.15, 0.2) is 91.0 Å². The van der Waals surface area contributed by atoms with Crippen molar-refractivity contribution in [3.63, 3.8) is 0 Å². The molecule has 0 radical (unpaired) electrons. The Morgan fingerprint density at radius 3 is 2.35 bits per heavy atom. The lowest BCUT2D eigenvalue weighted by Crippen LogP contribution is -2.49. The quantitative estimate of drug-likeness (QED) is 0.461. The molecule has 3 heteroatoms. The predicted molar refractivity (Wildman–Crippen MR) is 119 cm³/mol. The van der Waals surface area contributed by atoms with Crippen molar-refractivity contribution in [2.75, 3.05) is 0 Å². The highest BCUT2D eigenvalue weighted by Crippen LogP contribution is 2.62. The summed E-state index contributed by atoms with van der Waals surface area (Å²) in [4.78, 5) is 29.3. The number of hydrogen-bond donors (Lipinski definition) is 0. The molecule has 1 heterocycles. The zero-order valence-electron chi connectivity index (χ0n) is 17.4. The van der Waals surface area contributed by atoms with E-state index in [1.165, 1.54) is 16.0 Å². The molecule has 3 aromatic rings. The van der Waals surface area contributed by atoms with E-state index in [-0.39, 0.29) is 23.7 Å². The summed E-state index contributed by atoms with van der Waals surface area (Å²) in [5, 5.41) is 0. The fraction of sp³-hybridized carbons (Fsp3) is 0.214. The van der Waals surface area contributed by atoms with Crippen molar-refractivity contribution in [1.82, 2.24) is 4.90 Å². The van der Waals surface area contributed by atoms with Crippen molar-refractivity contribution >= 4 is 11.8 Å². The van der Waals surface area contributed by atoms with Crippen LogP contribution in [0.4, 0.5) is 0 Å². The number of allylic oxidation sites excluding steroid dienone is 1. The average molecular weight is 405 g/mol. The average Bonchev–Trinajstić information content (AvgIpc) is 3.03. The van der Waals surface area contributed by atoms with Gasteiger partial charge in [0, 0.05) is 11.8 Å². The van der Waals surface area contributed by atoms with Gasteiger partial charge in [-0.2, -0.15) is 0 Å². The van der Waals surface area contributed by atoms with Crippen molar-refractivity contribution in [1.29, 1.82) is 0 Å². The first-order chi connectivity index (χ1) is 15.1. The Kier molecular flexibility index (Phi) is 3.85. The fourth-order valence-electron chi connectivity index (χ4n) is 5.95. The van der Waals surface area contributed by atoms with Crippen LogP contribution in [0.25, 0.3) is 0 Å². The first-order valence-corrected chi connectivity index (χ1v) is 10.9. The molecule has 152 valence electrons. The van der Waals surface area contributed by atoms with Crippen LogP contribution in [0.3, 0.4) is 0 Å². The molecule has 3 nitrogen and oxygen atoms in total. The largest absolute Gasteiger partial charge is 0.277 e. The lowest BCUT2D eigenvalue weighted by atomic mass is 9.51. The summed E-state index contributed by atoms with van der Waals surface area (Å²) in [6.07, 6.45) is 4.20. The second kappa shape index (κ2) is 6.52. The Balaban J connectivity index is 1.54. The molecule has 0 saturated carbocycles. The smallest absolute Gasteiger partial charge is 0.244 e. The molecule has 1 spiro atoms. The molecule has 3 aliphatic carbocycles. The summed E-state index contributed by atoms with van der Waals surface area (Å²) in [7, 11) is 0. The van der Waals surface area contributed by atoms with Crippen LogP contribution >= 0.6 is 0 Å². The highest BCUT2D eigenvalue weighted by Gasteiger charge is 2.67. The topological polar surface area (TPSA) is 37.4 Å². The Morgan fingerprint density at radius 2 is 1.58 bits per heavy atom. The maximum atomic E-state index is 14.0. The van der Waals surface area contributed by atoms with E-state index in [0.717, 1.165) is 16.7 Å². The Hall–Kier alpha value is -3.46. The van der Waals surface area contributed by atoms with E-state index in [0.29, 0.717) is 6.54 Å². The molecule has 2 amide bonds. The number of likely N-dealkylation sites (tertiary alicyclic amines) is 1. The van der Waals surface area contributed by atoms with Crippen LogP contribution in [0.1, 0.15) is 39.7 Å². The maximum absolute atomic E-state index is 14.0. The number of carbonyl (C=O) groups is 2. The van der Waals surface area contributed by atoms with Crippen molar-refractivity contribution in [3.8, 4) is 0 Å². The van der Waals surface area contributed by atoms with Crippen LogP contribution < -0.4 is 0 Å². The summed E-state index contributed by atoms with van der Waals surface area (Å²) < 4.78 is 0. The monoisotopic (exact) mass is 405 g/mol. The van der Waals surface area contributed by atoms with Crippen molar-refractivity contribution in [3.05, 3.63) is 119 Å². The molecular formula is C28H23NO2. The first-order valence-electron chi connectivity index (χ1n) is 10.9. The summed E-state index contributed by atoms with van der Waals surface area (Å²) in [6.45, 7) is 2.39. The van der Waals surface area contributed by atoms with Gasteiger partial charge in [0.05, 0.1) is 12.5 Å². The number of rotatable bonds is 3.